The minimum Gasteiger partial charge on any atom is -0.309 e. The molecule has 2 aromatic rings. The molecule has 2 nitrogen and oxygen atoms in total. The lowest BCUT2D eigenvalue weighted by Gasteiger charge is -2.03. The molecule has 2 rings (SSSR count). The van der Waals surface area contributed by atoms with Crippen molar-refractivity contribution in [2.75, 3.05) is 0 Å². The van der Waals surface area contributed by atoms with Crippen molar-refractivity contribution in [3.05, 3.63) is 51.5 Å². The van der Waals surface area contributed by atoms with Crippen molar-refractivity contribution in [3.8, 4) is 0 Å². The predicted molar refractivity (Wildman–Crippen MR) is 68.6 cm³/mol. The second-order valence-electron chi connectivity index (χ2n) is 3.90. The summed E-state index contributed by atoms with van der Waals surface area (Å²) in [6.07, 6.45) is 3.70. The third-order valence-electron chi connectivity index (χ3n) is 2.51. The monoisotopic (exact) mass is 232 g/mol. The first kappa shape index (κ1) is 11.3. The van der Waals surface area contributed by atoms with Gasteiger partial charge in [0.05, 0.1) is 0 Å². The minimum atomic E-state index is 0.877. The number of hydrogen-bond donors (Lipinski definition) is 1. The van der Waals surface area contributed by atoms with Gasteiger partial charge in [-0.05, 0) is 37.1 Å². The Balaban J connectivity index is 1.87. The average Bonchev–Trinajstić information content (AvgIpc) is 2.59. The molecule has 2 aromatic heterocycles. The van der Waals surface area contributed by atoms with Crippen molar-refractivity contribution >= 4 is 11.3 Å². The number of aromatic nitrogens is 1. The standard InChI is InChI=1S/C13H16N2S/c1-10-6-13(11(2)16-10)9-15-8-12-4-3-5-14-7-12/h3-7,15H,8-9H2,1-2H3. The van der Waals surface area contributed by atoms with Gasteiger partial charge in [0.15, 0.2) is 0 Å². The highest BCUT2D eigenvalue weighted by Crippen LogP contribution is 2.20. The smallest absolute Gasteiger partial charge is 0.0312 e. The fourth-order valence-corrected chi connectivity index (χ4v) is 2.65. The second-order valence-corrected chi connectivity index (χ2v) is 5.36. The van der Waals surface area contributed by atoms with Crippen molar-refractivity contribution in [3.63, 3.8) is 0 Å². The number of aryl methyl sites for hydroxylation is 2. The van der Waals surface area contributed by atoms with E-state index < -0.39 is 0 Å². The van der Waals surface area contributed by atoms with E-state index in [0.29, 0.717) is 0 Å². The molecular weight excluding hydrogens is 216 g/mol. The highest BCUT2D eigenvalue weighted by atomic mass is 32.1. The van der Waals surface area contributed by atoms with Crippen LogP contribution in [0.1, 0.15) is 20.9 Å². The largest absolute Gasteiger partial charge is 0.309 e. The summed E-state index contributed by atoms with van der Waals surface area (Å²) < 4.78 is 0. The molecule has 0 fully saturated rings. The molecule has 2 heterocycles. The molecule has 84 valence electrons. The number of hydrogen-bond acceptors (Lipinski definition) is 3. The van der Waals surface area contributed by atoms with Gasteiger partial charge in [0, 0.05) is 35.2 Å². The van der Waals surface area contributed by atoms with Gasteiger partial charge in [0.25, 0.3) is 0 Å². The Labute approximate surface area is 100 Å². The Morgan fingerprint density at radius 1 is 1.31 bits per heavy atom. The summed E-state index contributed by atoms with van der Waals surface area (Å²) in [6.45, 7) is 6.15. The SMILES string of the molecule is Cc1cc(CNCc2cccnc2)c(C)s1. The van der Waals surface area contributed by atoms with Crippen LogP contribution in [0.3, 0.4) is 0 Å². The third-order valence-corrected chi connectivity index (χ3v) is 3.52. The quantitative estimate of drug-likeness (QED) is 0.876. The number of pyridine rings is 1. The van der Waals surface area contributed by atoms with Crippen LogP contribution in [0.5, 0.6) is 0 Å². The van der Waals surface area contributed by atoms with E-state index in [0.717, 1.165) is 13.1 Å². The molecule has 0 aromatic carbocycles. The molecule has 0 saturated heterocycles. The Bertz CT molecular complexity index is 448. The Morgan fingerprint density at radius 2 is 2.19 bits per heavy atom. The predicted octanol–water partition coefficient (Wildman–Crippen LogP) is 3.05. The van der Waals surface area contributed by atoms with E-state index in [9.17, 15) is 0 Å². The summed E-state index contributed by atoms with van der Waals surface area (Å²) in [5.41, 5.74) is 2.64. The molecule has 0 bridgehead atoms. The van der Waals surface area contributed by atoms with Crippen molar-refractivity contribution < 1.29 is 0 Å². The summed E-state index contributed by atoms with van der Waals surface area (Å²) >= 11 is 1.86. The number of nitrogens with zero attached hydrogens (tertiary/aromatic N) is 1. The molecule has 16 heavy (non-hydrogen) atoms. The van der Waals surface area contributed by atoms with Crippen LogP contribution in [-0.2, 0) is 13.1 Å². The topological polar surface area (TPSA) is 24.9 Å². The molecular formula is C13H16N2S. The van der Waals surface area contributed by atoms with Gasteiger partial charge in [-0.25, -0.2) is 0 Å². The summed E-state index contributed by atoms with van der Waals surface area (Å²) in [5.74, 6) is 0. The van der Waals surface area contributed by atoms with Crippen LogP contribution >= 0.6 is 11.3 Å². The van der Waals surface area contributed by atoms with Gasteiger partial charge in [0.2, 0.25) is 0 Å². The van der Waals surface area contributed by atoms with Gasteiger partial charge < -0.3 is 5.32 Å². The van der Waals surface area contributed by atoms with Crippen molar-refractivity contribution in [2.24, 2.45) is 0 Å². The maximum absolute atomic E-state index is 4.09. The third kappa shape index (κ3) is 2.90. The maximum Gasteiger partial charge on any atom is 0.0312 e. The number of thiophene rings is 1. The summed E-state index contributed by atoms with van der Waals surface area (Å²) in [5, 5.41) is 3.44. The van der Waals surface area contributed by atoms with Gasteiger partial charge in [-0.1, -0.05) is 6.07 Å². The van der Waals surface area contributed by atoms with Crippen LogP contribution in [0.2, 0.25) is 0 Å². The first-order chi connectivity index (χ1) is 7.75. The number of rotatable bonds is 4. The molecule has 0 aliphatic rings. The highest BCUT2D eigenvalue weighted by Gasteiger charge is 2.01. The van der Waals surface area contributed by atoms with Gasteiger partial charge in [0.1, 0.15) is 0 Å². The second kappa shape index (κ2) is 5.23. The Kier molecular flexibility index (Phi) is 3.70. The van der Waals surface area contributed by atoms with Crippen molar-refractivity contribution in [1.82, 2.24) is 10.3 Å². The lowest BCUT2D eigenvalue weighted by atomic mass is 10.2. The Hall–Kier alpha value is -1.19. The van der Waals surface area contributed by atoms with Crippen LogP contribution < -0.4 is 5.32 Å². The van der Waals surface area contributed by atoms with Crippen LogP contribution in [-0.4, -0.2) is 4.98 Å². The van der Waals surface area contributed by atoms with E-state index >= 15 is 0 Å². The first-order valence-corrected chi connectivity index (χ1v) is 6.23. The first-order valence-electron chi connectivity index (χ1n) is 5.41. The van der Waals surface area contributed by atoms with E-state index in [1.54, 1.807) is 6.20 Å². The highest BCUT2D eigenvalue weighted by molar-refractivity contribution is 7.12. The zero-order chi connectivity index (χ0) is 11.4. The summed E-state index contributed by atoms with van der Waals surface area (Å²) in [6, 6.07) is 6.32. The molecule has 1 N–H and O–H groups in total. The van der Waals surface area contributed by atoms with Gasteiger partial charge in [-0.15, -0.1) is 11.3 Å². The summed E-state index contributed by atoms with van der Waals surface area (Å²) in [4.78, 5) is 6.89. The van der Waals surface area contributed by atoms with Crippen molar-refractivity contribution in [2.45, 2.75) is 26.9 Å². The molecule has 3 heteroatoms. The zero-order valence-corrected chi connectivity index (χ0v) is 10.5. The molecule has 0 atom stereocenters. The van der Waals surface area contributed by atoms with Gasteiger partial charge >= 0.3 is 0 Å². The molecule has 0 saturated carbocycles. The van der Waals surface area contributed by atoms with Crippen LogP contribution in [0, 0.1) is 13.8 Å². The van der Waals surface area contributed by atoms with Crippen LogP contribution in [0.4, 0.5) is 0 Å². The minimum absolute atomic E-state index is 0.877. The van der Waals surface area contributed by atoms with E-state index in [-0.39, 0.29) is 0 Å². The fourth-order valence-electron chi connectivity index (χ4n) is 1.70. The van der Waals surface area contributed by atoms with Gasteiger partial charge in [-0.2, -0.15) is 0 Å². The van der Waals surface area contributed by atoms with E-state index in [4.69, 9.17) is 0 Å². The van der Waals surface area contributed by atoms with Crippen LogP contribution in [0.15, 0.2) is 30.6 Å². The molecule has 0 spiro atoms. The molecule has 0 amide bonds. The number of nitrogens with one attached hydrogen (secondary N) is 1. The molecule has 0 unspecified atom stereocenters. The molecule has 0 radical (unpaired) electrons. The zero-order valence-electron chi connectivity index (χ0n) is 9.66. The summed E-state index contributed by atoms with van der Waals surface area (Å²) in [7, 11) is 0. The van der Waals surface area contributed by atoms with Crippen LogP contribution in [0.25, 0.3) is 0 Å². The maximum atomic E-state index is 4.09. The average molecular weight is 232 g/mol. The Morgan fingerprint density at radius 3 is 2.81 bits per heavy atom. The van der Waals surface area contributed by atoms with E-state index in [1.807, 2.05) is 23.6 Å². The molecule has 0 aliphatic carbocycles. The normalized spacial score (nSPS) is 10.6. The fraction of sp³-hybridized carbons (Fsp3) is 0.308. The molecule has 0 aliphatic heterocycles. The van der Waals surface area contributed by atoms with Crippen molar-refractivity contribution in [1.29, 1.82) is 0 Å². The van der Waals surface area contributed by atoms with E-state index in [2.05, 4.69) is 36.3 Å². The lowest BCUT2D eigenvalue weighted by molar-refractivity contribution is 0.690. The lowest BCUT2D eigenvalue weighted by Crippen LogP contribution is -2.12. The van der Waals surface area contributed by atoms with E-state index in [1.165, 1.54) is 20.9 Å². The van der Waals surface area contributed by atoms with Gasteiger partial charge in [-0.3, -0.25) is 4.98 Å².